The first kappa shape index (κ1) is 10.4. The number of nitrogens with zero attached hydrogens (tertiary/aromatic N) is 2. The van der Waals surface area contributed by atoms with Crippen LogP contribution in [0.15, 0.2) is 18.6 Å². The van der Waals surface area contributed by atoms with Gasteiger partial charge >= 0.3 is 0 Å². The third-order valence-electron chi connectivity index (χ3n) is 2.34. The van der Waals surface area contributed by atoms with Gasteiger partial charge in [0.1, 0.15) is 6.33 Å². The molecule has 0 atom stereocenters. The van der Waals surface area contributed by atoms with Crippen LogP contribution in [0.5, 0.6) is 0 Å². The molecule has 0 aliphatic heterocycles. The lowest BCUT2D eigenvalue weighted by Gasteiger charge is -2.42. The molecule has 13 heavy (non-hydrogen) atoms. The normalized spacial score (nSPS) is 31.7. The number of aromatic nitrogens is 2. The van der Waals surface area contributed by atoms with Gasteiger partial charge in [-0.25, -0.2) is 9.97 Å². The van der Waals surface area contributed by atoms with Gasteiger partial charge in [0, 0.05) is 12.2 Å². The van der Waals surface area contributed by atoms with Crippen molar-refractivity contribution in [3.63, 3.8) is 0 Å². The summed E-state index contributed by atoms with van der Waals surface area (Å²) in [5.74, 6) is 0. The Hall–Kier alpha value is -0.710. The molecule has 4 nitrogen and oxygen atoms in total. The van der Waals surface area contributed by atoms with E-state index in [-0.39, 0.29) is 24.0 Å². The largest absolute Gasteiger partial charge is 0.328 e. The Morgan fingerprint density at radius 3 is 2.62 bits per heavy atom. The molecule has 0 saturated heterocycles. The molecule has 4 N–H and O–H groups in total. The molecule has 1 aromatic rings. The first-order valence-corrected chi connectivity index (χ1v) is 4.02. The molecule has 1 heterocycles. The summed E-state index contributed by atoms with van der Waals surface area (Å²) in [6, 6.07) is 2.09. The topological polar surface area (TPSA) is 77.8 Å². The van der Waals surface area contributed by atoms with E-state index < -0.39 is 0 Å². The maximum absolute atomic E-state index is 6.04. The van der Waals surface area contributed by atoms with E-state index in [1.807, 2.05) is 6.07 Å². The molecule has 0 bridgehead atoms. The molecular weight excluding hydrogens is 188 g/mol. The highest BCUT2D eigenvalue weighted by Crippen LogP contribution is 2.36. The summed E-state index contributed by atoms with van der Waals surface area (Å²) < 4.78 is 0. The van der Waals surface area contributed by atoms with Crippen LogP contribution >= 0.6 is 12.4 Å². The zero-order valence-corrected chi connectivity index (χ0v) is 8.00. The highest BCUT2D eigenvalue weighted by molar-refractivity contribution is 5.85. The van der Waals surface area contributed by atoms with Gasteiger partial charge in [-0.1, -0.05) is 0 Å². The fourth-order valence-corrected chi connectivity index (χ4v) is 1.67. The average molecular weight is 201 g/mol. The van der Waals surface area contributed by atoms with E-state index in [1.165, 1.54) is 6.33 Å². The van der Waals surface area contributed by atoms with E-state index in [0.717, 1.165) is 18.5 Å². The van der Waals surface area contributed by atoms with Gasteiger partial charge in [-0.2, -0.15) is 0 Å². The minimum Gasteiger partial charge on any atom is -0.328 e. The van der Waals surface area contributed by atoms with Crippen molar-refractivity contribution in [1.82, 2.24) is 9.97 Å². The third-order valence-corrected chi connectivity index (χ3v) is 2.34. The molecule has 1 aliphatic carbocycles. The molecule has 1 aromatic heterocycles. The standard InChI is InChI=1S/C8H12N4.ClH/c9-6-3-8(10,4-6)7-1-2-11-5-12-7;/h1-2,5-6H,3-4,9-10H2;1H. The van der Waals surface area contributed by atoms with Crippen LogP contribution in [0.4, 0.5) is 0 Å². The summed E-state index contributed by atoms with van der Waals surface area (Å²) >= 11 is 0. The van der Waals surface area contributed by atoms with Crippen LogP contribution in [0.2, 0.25) is 0 Å². The summed E-state index contributed by atoms with van der Waals surface area (Å²) in [5.41, 5.74) is 12.3. The highest BCUT2D eigenvalue weighted by atomic mass is 35.5. The second kappa shape index (κ2) is 3.57. The Morgan fingerprint density at radius 1 is 1.46 bits per heavy atom. The van der Waals surface area contributed by atoms with Crippen LogP contribution in [-0.2, 0) is 5.54 Å². The zero-order chi connectivity index (χ0) is 8.60. The SMILES string of the molecule is Cl.NC1CC(N)(c2ccncn2)C1. The Morgan fingerprint density at radius 2 is 2.15 bits per heavy atom. The van der Waals surface area contributed by atoms with E-state index >= 15 is 0 Å². The second-order valence-corrected chi connectivity index (χ2v) is 3.42. The van der Waals surface area contributed by atoms with Crippen molar-refractivity contribution in [2.24, 2.45) is 11.5 Å². The maximum atomic E-state index is 6.04. The summed E-state index contributed by atoms with van der Waals surface area (Å²) in [6.07, 6.45) is 4.88. The van der Waals surface area contributed by atoms with Gasteiger partial charge in [-0.15, -0.1) is 12.4 Å². The number of halogens is 1. The van der Waals surface area contributed by atoms with Crippen LogP contribution in [0.3, 0.4) is 0 Å². The molecule has 2 rings (SSSR count). The molecule has 0 spiro atoms. The third kappa shape index (κ3) is 1.80. The molecule has 72 valence electrons. The van der Waals surface area contributed by atoms with Crippen LogP contribution < -0.4 is 11.5 Å². The van der Waals surface area contributed by atoms with Crippen molar-refractivity contribution in [2.75, 3.05) is 0 Å². The molecule has 1 fully saturated rings. The van der Waals surface area contributed by atoms with Crippen molar-refractivity contribution in [3.8, 4) is 0 Å². The Bertz CT molecular complexity index is 271. The summed E-state index contributed by atoms with van der Waals surface area (Å²) in [7, 11) is 0. The van der Waals surface area contributed by atoms with Crippen molar-refractivity contribution >= 4 is 12.4 Å². The van der Waals surface area contributed by atoms with Gasteiger partial charge in [-0.05, 0) is 18.9 Å². The smallest absolute Gasteiger partial charge is 0.115 e. The second-order valence-electron chi connectivity index (χ2n) is 3.42. The fraction of sp³-hybridized carbons (Fsp3) is 0.500. The summed E-state index contributed by atoms with van der Waals surface area (Å²) in [4.78, 5) is 7.95. The van der Waals surface area contributed by atoms with Gasteiger partial charge in [0.05, 0.1) is 11.2 Å². The minimum absolute atomic E-state index is 0. The molecule has 1 saturated carbocycles. The summed E-state index contributed by atoms with van der Waals surface area (Å²) in [6.45, 7) is 0. The van der Waals surface area contributed by atoms with Crippen molar-refractivity contribution < 1.29 is 0 Å². The molecule has 0 unspecified atom stereocenters. The minimum atomic E-state index is -0.289. The Labute approximate surface area is 83.2 Å². The monoisotopic (exact) mass is 200 g/mol. The van der Waals surface area contributed by atoms with Crippen molar-refractivity contribution in [1.29, 1.82) is 0 Å². The first-order chi connectivity index (χ1) is 5.71. The van der Waals surface area contributed by atoms with Crippen LogP contribution in [0.25, 0.3) is 0 Å². The Balaban J connectivity index is 0.000000845. The van der Waals surface area contributed by atoms with Gasteiger partial charge in [-0.3, -0.25) is 0 Å². The molecule has 0 aromatic carbocycles. The maximum Gasteiger partial charge on any atom is 0.115 e. The number of hydrogen-bond donors (Lipinski definition) is 2. The Kier molecular flexibility index (Phi) is 2.85. The molecule has 0 amide bonds. The lowest BCUT2D eigenvalue weighted by molar-refractivity contribution is 0.205. The van der Waals surface area contributed by atoms with Gasteiger partial charge in [0.25, 0.3) is 0 Å². The number of nitrogens with two attached hydrogens (primary N) is 2. The van der Waals surface area contributed by atoms with Crippen LogP contribution in [0.1, 0.15) is 18.5 Å². The predicted molar refractivity (Wildman–Crippen MR) is 52.4 cm³/mol. The predicted octanol–water partition coefficient (Wildman–Crippen LogP) is 0.173. The van der Waals surface area contributed by atoms with Gasteiger partial charge in [0.15, 0.2) is 0 Å². The van der Waals surface area contributed by atoms with Crippen LogP contribution in [0, 0.1) is 0 Å². The van der Waals surface area contributed by atoms with Crippen molar-refractivity contribution in [2.45, 2.75) is 24.4 Å². The highest BCUT2D eigenvalue weighted by Gasteiger charge is 2.41. The average Bonchev–Trinajstić information content (AvgIpc) is 2.04. The quantitative estimate of drug-likeness (QED) is 0.678. The van der Waals surface area contributed by atoms with E-state index in [2.05, 4.69) is 9.97 Å². The van der Waals surface area contributed by atoms with E-state index in [0.29, 0.717) is 0 Å². The molecule has 0 radical (unpaired) electrons. The number of rotatable bonds is 1. The van der Waals surface area contributed by atoms with Crippen molar-refractivity contribution in [3.05, 3.63) is 24.3 Å². The summed E-state index contributed by atoms with van der Waals surface area (Å²) in [5, 5.41) is 0. The first-order valence-electron chi connectivity index (χ1n) is 4.02. The number of hydrogen-bond acceptors (Lipinski definition) is 4. The van der Waals surface area contributed by atoms with E-state index in [4.69, 9.17) is 11.5 Å². The molecular formula is C8H13ClN4. The fourth-order valence-electron chi connectivity index (χ4n) is 1.67. The molecule has 1 aliphatic rings. The van der Waals surface area contributed by atoms with E-state index in [9.17, 15) is 0 Å². The lowest BCUT2D eigenvalue weighted by atomic mass is 9.72. The van der Waals surface area contributed by atoms with E-state index in [1.54, 1.807) is 6.20 Å². The zero-order valence-electron chi connectivity index (χ0n) is 7.18. The van der Waals surface area contributed by atoms with Gasteiger partial charge < -0.3 is 11.5 Å². The molecule has 5 heteroatoms. The van der Waals surface area contributed by atoms with Gasteiger partial charge in [0.2, 0.25) is 0 Å². The lowest BCUT2D eigenvalue weighted by Crippen LogP contribution is -2.55. The van der Waals surface area contributed by atoms with Crippen LogP contribution in [-0.4, -0.2) is 16.0 Å².